The highest BCUT2D eigenvalue weighted by Crippen LogP contribution is 2.33. The van der Waals surface area contributed by atoms with Crippen molar-refractivity contribution in [3.63, 3.8) is 0 Å². The quantitative estimate of drug-likeness (QED) is 0.882. The second kappa shape index (κ2) is 5.02. The van der Waals surface area contributed by atoms with Gasteiger partial charge in [0.15, 0.2) is 0 Å². The molecule has 0 atom stereocenters. The summed E-state index contributed by atoms with van der Waals surface area (Å²) in [6.07, 6.45) is 0.722. The Morgan fingerprint density at radius 2 is 2.06 bits per heavy atom. The highest BCUT2D eigenvalue weighted by molar-refractivity contribution is 7.91. The molecule has 0 bridgehead atoms. The number of aryl methyl sites for hydroxylation is 1. The average Bonchev–Trinajstić information content (AvgIpc) is 2.28. The van der Waals surface area contributed by atoms with Gasteiger partial charge in [-0.1, -0.05) is 36.8 Å². The first-order chi connectivity index (χ1) is 8.47. The van der Waals surface area contributed by atoms with Gasteiger partial charge in [0.05, 0.1) is 5.75 Å². The van der Waals surface area contributed by atoms with Gasteiger partial charge < -0.3 is 5.32 Å². The Morgan fingerprint density at radius 3 is 2.56 bits per heavy atom. The first-order valence-corrected chi connectivity index (χ1v) is 8.28. The fourth-order valence-corrected chi connectivity index (χ4v) is 3.41. The number of sulfone groups is 1. The normalized spacial score (nSPS) is 18.3. The lowest BCUT2D eigenvalue weighted by molar-refractivity contribution is 0.268. The number of hydrogen-bond donors (Lipinski definition) is 1. The molecule has 1 N–H and O–H groups in total. The van der Waals surface area contributed by atoms with E-state index in [1.807, 2.05) is 0 Å². The number of nitrogens with one attached hydrogen (secondary N) is 1. The number of hydrogen-bond acceptors (Lipinski definition) is 3. The van der Waals surface area contributed by atoms with E-state index in [0.717, 1.165) is 19.5 Å². The minimum Gasteiger partial charge on any atom is -0.315 e. The molecule has 1 saturated heterocycles. The SMILES string of the molecule is CCS(=O)(=O)CCC1(c2cccc(C)c2)CNC1. The summed E-state index contributed by atoms with van der Waals surface area (Å²) in [6.45, 7) is 5.56. The van der Waals surface area contributed by atoms with Gasteiger partial charge in [-0.15, -0.1) is 0 Å². The van der Waals surface area contributed by atoms with Gasteiger partial charge in [-0.05, 0) is 18.9 Å². The van der Waals surface area contributed by atoms with Crippen LogP contribution in [0.3, 0.4) is 0 Å². The molecule has 4 heteroatoms. The van der Waals surface area contributed by atoms with Crippen LogP contribution in [0.4, 0.5) is 0 Å². The molecule has 1 fully saturated rings. The molecule has 1 aromatic carbocycles. The molecule has 0 saturated carbocycles. The Hall–Kier alpha value is -0.870. The van der Waals surface area contributed by atoms with Gasteiger partial charge in [0.2, 0.25) is 0 Å². The zero-order valence-corrected chi connectivity index (χ0v) is 11.9. The molecule has 0 radical (unpaired) electrons. The summed E-state index contributed by atoms with van der Waals surface area (Å²) >= 11 is 0. The Kier molecular flexibility index (Phi) is 3.78. The van der Waals surface area contributed by atoms with Gasteiger partial charge in [0.25, 0.3) is 0 Å². The van der Waals surface area contributed by atoms with Crippen molar-refractivity contribution in [1.82, 2.24) is 5.32 Å². The summed E-state index contributed by atoms with van der Waals surface area (Å²) in [7, 11) is -2.87. The Balaban J connectivity index is 2.17. The highest BCUT2D eigenvalue weighted by atomic mass is 32.2. The van der Waals surface area contributed by atoms with Crippen LogP contribution in [0, 0.1) is 6.92 Å². The third kappa shape index (κ3) is 2.75. The zero-order chi connectivity index (χ0) is 13.2. The molecule has 18 heavy (non-hydrogen) atoms. The smallest absolute Gasteiger partial charge is 0.150 e. The van der Waals surface area contributed by atoms with Crippen molar-refractivity contribution < 1.29 is 8.42 Å². The molecule has 100 valence electrons. The first-order valence-electron chi connectivity index (χ1n) is 6.46. The summed E-state index contributed by atoms with van der Waals surface area (Å²) in [5, 5.41) is 3.28. The molecule has 0 unspecified atom stereocenters. The summed E-state index contributed by atoms with van der Waals surface area (Å²) in [6, 6.07) is 8.43. The second-order valence-corrected chi connectivity index (χ2v) is 7.71. The van der Waals surface area contributed by atoms with E-state index in [-0.39, 0.29) is 11.2 Å². The Morgan fingerprint density at radius 1 is 1.33 bits per heavy atom. The van der Waals surface area contributed by atoms with E-state index in [4.69, 9.17) is 0 Å². The molecule has 2 rings (SSSR count). The minimum atomic E-state index is -2.87. The molecule has 0 spiro atoms. The van der Waals surface area contributed by atoms with Gasteiger partial charge in [-0.2, -0.15) is 0 Å². The second-order valence-electron chi connectivity index (χ2n) is 5.24. The summed E-state index contributed by atoms with van der Waals surface area (Å²) in [5.41, 5.74) is 2.53. The molecule has 0 amide bonds. The first kappa shape index (κ1) is 13.6. The lowest BCUT2D eigenvalue weighted by Crippen LogP contribution is -2.57. The molecule has 1 aliphatic rings. The van der Waals surface area contributed by atoms with Crippen molar-refractivity contribution in [3.8, 4) is 0 Å². The predicted molar refractivity (Wildman–Crippen MR) is 74.7 cm³/mol. The number of rotatable bonds is 5. The van der Waals surface area contributed by atoms with Crippen molar-refractivity contribution in [2.45, 2.75) is 25.7 Å². The van der Waals surface area contributed by atoms with Crippen LogP contribution in [0.25, 0.3) is 0 Å². The van der Waals surface area contributed by atoms with Crippen LogP contribution in [0.5, 0.6) is 0 Å². The van der Waals surface area contributed by atoms with Crippen molar-refractivity contribution in [1.29, 1.82) is 0 Å². The van der Waals surface area contributed by atoms with Crippen LogP contribution >= 0.6 is 0 Å². The lowest BCUT2D eigenvalue weighted by Gasteiger charge is -2.43. The third-order valence-corrected chi connectivity index (χ3v) is 5.59. The van der Waals surface area contributed by atoms with E-state index in [9.17, 15) is 8.42 Å². The van der Waals surface area contributed by atoms with Gasteiger partial charge in [0.1, 0.15) is 9.84 Å². The van der Waals surface area contributed by atoms with E-state index in [1.165, 1.54) is 11.1 Å². The molecule has 1 aliphatic heterocycles. The van der Waals surface area contributed by atoms with Crippen molar-refractivity contribution >= 4 is 9.84 Å². The van der Waals surface area contributed by atoms with Gasteiger partial charge in [-0.3, -0.25) is 0 Å². The number of benzene rings is 1. The van der Waals surface area contributed by atoms with Crippen LogP contribution in [0.2, 0.25) is 0 Å². The van der Waals surface area contributed by atoms with Crippen LogP contribution in [0.1, 0.15) is 24.5 Å². The topological polar surface area (TPSA) is 46.2 Å². The highest BCUT2D eigenvalue weighted by Gasteiger charge is 2.39. The monoisotopic (exact) mass is 267 g/mol. The largest absolute Gasteiger partial charge is 0.315 e. The maximum atomic E-state index is 11.7. The summed E-state index contributed by atoms with van der Waals surface area (Å²) in [4.78, 5) is 0. The molecule has 0 aromatic heterocycles. The molecule has 3 nitrogen and oxygen atoms in total. The Labute approximate surface area is 110 Å². The van der Waals surface area contributed by atoms with Crippen molar-refractivity contribution in [2.75, 3.05) is 24.6 Å². The van der Waals surface area contributed by atoms with Crippen LogP contribution in [-0.2, 0) is 15.3 Å². The van der Waals surface area contributed by atoms with Crippen LogP contribution in [-0.4, -0.2) is 33.0 Å². The van der Waals surface area contributed by atoms with E-state index < -0.39 is 9.84 Å². The minimum absolute atomic E-state index is 0.0221. The van der Waals surface area contributed by atoms with Crippen LogP contribution in [0.15, 0.2) is 24.3 Å². The van der Waals surface area contributed by atoms with Gasteiger partial charge >= 0.3 is 0 Å². The molecular weight excluding hydrogens is 246 g/mol. The fraction of sp³-hybridized carbons (Fsp3) is 0.571. The molecular formula is C14H21NO2S. The van der Waals surface area contributed by atoms with Crippen LogP contribution < -0.4 is 5.32 Å². The van der Waals surface area contributed by atoms with Crippen molar-refractivity contribution in [2.24, 2.45) is 0 Å². The lowest BCUT2D eigenvalue weighted by atomic mass is 9.73. The maximum absolute atomic E-state index is 11.7. The molecule has 1 heterocycles. The van der Waals surface area contributed by atoms with E-state index in [1.54, 1.807) is 6.92 Å². The average molecular weight is 267 g/mol. The van der Waals surface area contributed by atoms with E-state index >= 15 is 0 Å². The third-order valence-electron chi connectivity index (χ3n) is 3.89. The molecule has 1 aromatic rings. The van der Waals surface area contributed by atoms with Crippen molar-refractivity contribution in [3.05, 3.63) is 35.4 Å². The Bertz CT molecular complexity index is 518. The predicted octanol–water partition coefficient (Wildman–Crippen LogP) is 1.66. The summed E-state index contributed by atoms with van der Waals surface area (Å²) < 4.78 is 23.3. The van der Waals surface area contributed by atoms with Gasteiger partial charge in [-0.25, -0.2) is 8.42 Å². The molecule has 0 aliphatic carbocycles. The standard InChI is InChI=1S/C14H21NO2S/c1-3-18(16,17)8-7-14(10-15-11-14)13-6-4-5-12(2)9-13/h4-6,9,15H,3,7-8,10-11H2,1-2H3. The van der Waals surface area contributed by atoms with E-state index in [2.05, 4.69) is 36.5 Å². The summed E-state index contributed by atoms with van der Waals surface area (Å²) in [5.74, 6) is 0.531. The maximum Gasteiger partial charge on any atom is 0.150 e. The fourth-order valence-electron chi connectivity index (χ4n) is 2.42. The zero-order valence-electron chi connectivity index (χ0n) is 11.1. The van der Waals surface area contributed by atoms with E-state index in [0.29, 0.717) is 5.75 Å². The van der Waals surface area contributed by atoms with Gasteiger partial charge in [0, 0.05) is 24.3 Å².